The van der Waals surface area contributed by atoms with Gasteiger partial charge in [-0.1, -0.05) is 19.1 Å². The van der Waals surface area contributed by atoms with Crippen LogP contribution in [0.15, 0.2) is 24.3 Å². The fourth-order valence-electron chi connectivity index (χ4n) is 4.16. The average Bonchev–Trinajstić information content (AvgIpc) is 3.17. The average molecular weight is 416 g/mol. The van der Waals surface area contributed by atoms with Gasteiger partial charge < -0.3 is 4.90 Å². The Hall–Kier alpha value is -2.39. The molecule has 0 aliphatic carbocycles. The molecular weight excluding hydrogens is 385 g/mol. The summed E-state index contributed by atoms with van der Waals surface area (Å²) < 4.78 is 15.0. The summed E-state index contributed by atoms with van der Waals surface area (Å²) in [6.45, 7) is 8.83. The van der Waals surface area contributed by atoms with Gasteiger partial charge in [0.2, 0.25) is 5.91 Å². The van der Waals surface area contributed by atoms with E-state index in [0.29, 0.717) is 26.2 Å². The van der Waals surface area contributed by atoms with E-state index in [2.05, 4.69) is 32.2 Å². The zero-order chi connectivity index (χ0) is 20.9. The maximum atomic E-state index is 13.4. The van der Waals surface area contributed by atoms with Crippen molar-refractivity contribution < 1.29 is 9.18 Å². The predicted molar refractivity (Wildman–Crippen MR) is 110 cm³/mol. The van der Waals surface area contributed by atoms with Crippen LogP contribution < -0.4 is 0 Å². The van der Waals surface area contributed by atoms with Gasteiger partial charge in [0.15, 0.2) is 5.82 Å². The molecule has 1 amide bonds. The Balaban J connectivity index is 1.26. The number of tetrazole rings is 1. The third kappa shape index (κ3) is 5.40. The number of piperazine rings is 1. The highest BCUT2D eigenvalue weighted by atomic mass is 19.1. The van der Waals surface area contributed by atoms with E-state index in [9.17, 15) is 9.18 Å². The first kappa shape index (κ1) is 20.9. The third-order valence-corrected chi connectivity index (χ3v) is 6.15. The van der Waals surface area contributed by atoms with Crippen molar-refractivity contribution in [2.24, 2.45) is 5.92 Å². The minimum Gasteiger partial charge on any atom is -0.339 e. The van der Waals surface area contributed by atoms with Crippen LogP contribution in [0.3, 0.4) is 0 Å². The summed E-state index contributed by atoms with van der Waals surface area (Å²) in [6.07, 6.45) is 2.39. The molecule has 2 aliphatic heterocycles. The van der Waals surface area contributed by atoms with Crippen LogP contribution in [0.4, 0.5) is 4.39 Å². The second kappa shape index (κ2) is 9.61. The summed E-state index contributed by atoms with van der Waals surface area (Å²) in [5, 5.41) is 12.0. The highest BCUT2D eigenvalue weighted by Crippen LogP contribution is 2.17. The topological polar surface area (TPSA) is 70.4 Å². The van der Waals surface area contributed by atoms with Gasteiger partial charge in [0.1, 0.15) is 12.4 Å². The molecule has 9 heteroatoms. The number of piperidine rings is 1. The third-order valence-electron chi connectivity index (χ3n) is 6.15. The summed E-state index contributed by atoms with van der Waals surface area (Å²) in [5.74, 6) is 1.36. The second-order valence-corrected chi connectivity index (χ2v) is 8.50. The highest BCUT2D eigenvalue weighted by Gasteiger charge is 2.24. The number of halogens is 1. The van der Waals surface area contributed by atoms with Crippen LogP contribution in [0.25, 0.3) is 0 Å². The molecule has 0 unspecified atom stereocenters. The van der Waals surface area contributed by atoms with Crippen molar-refractivity contribution in [3.05, 3.63) is 41.5 Å². The van der Waals surface area contributed by atoms with Gasteiger partial charge in [0.05, 0.1) is 6.54 Å². The normalized spacial score (nSPS) is 19.3. The Morgan fingerprint density at radius 2 is 1.80 bits per heavy atom. The Morgan fingerprint density at radius 1 is 1.07 bits per heavy atom. The standard InChI is InChI=1S/C21H30FN7O/c1-17-5-7-26(8-6-17)15-20-23-24-25-29(20)16-21(30)28-11-9-27(10-12-28)14-18-3-2-4-19(22)13-18/h2-4,13,17H,5-12,14-16H2,1H3. The monoisotopic (exact) mass is 415 g/mol. The van der Waals surface area contributed by atoms with Crippen molar-refractivity contribution in [2.75, 3.05) is 39.3 Å². The quantitative estimate of drug-likeness (QED) is 0.710. The number of nitrogens with zero attached hydrogens (tertiary/aromatic N) is 7. The molecule has 1 aromatic heterocycles. The molecule has 0 atom stereocenters. The Bertz CT molecular complexity index is 841. The predicted octanol–water partition coefficient (Wildman–Crippen LogP) is 1.39. The van der Waals surface area contributed by atoms with Crippen molar-refractivity contribution >= 4 is 5.91 Å². The summed E-state index contributed by atoms with van der Waals surface area (Å²) in [5.41, 5.74) is 0.959. The molecule has 2 saturated heterocycles. The molecule has 162 valence electrons. The van der Waals surface area contributed by atoms with E-state index < -0.39 is 0 Å². The zero-order valence-electron chi connectivity index (χ0n) is 17.6. The lowest BCUT2D eigenvalue weighted by atomic mass is 9.99. The van der Waals surface area contributed by atoms with Gasteiger partial charge in [-0.05, 0) is 60.0 Å². The van der Waals surface area contributed by atoms with Crippen LogP contribution in [0, 0.1) is 11.7 Å². The molecule has 0 radical (unpaired) electrons. The van der Waals surface area contributed by atoms with E-state index in [-0.39, 0.29) is 18.3 Å². The van der Waals surface area contributed by atoms with Crippen molar-refractivity contribution in [3.63, 3.8) is 0 Å². The smallest absolute Gasteiger partial charge is 0.244 e. The highest BCUT2D eigenvalue weighted by molar-refractivity contribution is 5.76. The van der Waals surface area contributed by atoms with Gasteiger partial charge in [0, 0.05) is 32.7 Å². The number of hydrogen-bond acceptors (Lipinski definition) is 6. The summed E-state index contributed by atoms with van der Waals surface area (Å²) in [7, 11) is 0. The number of benzene rings is 1. The number of carbonyl (C=O) groups is 1. The molecule has 2 aliphatic rings. The lowest BCUT2D eigenvalue weighted by Crippen LogP contribution is -2.49. The first-order valence-electron chi connectivity index (χ1n) is 10.8. The van der Waals surface area contributed by atoms with Crippen LogP contribution in [-0.2, 0) is 24.4 Å². The van der Waals surface area contributed by atoms with E-state index in [1.165, 1.54) is 18.9 Å². The molecule has 8 nitrogen and oxygen atoms in total. The Kier molecular flexibility index (Phi) is 6.69. The lowest BCUT2D eigenvalue weighted by molar-refractivity contribution is -0.134. The van der Waals surface area contributed by atoms with Gasteiger partial charge in [-0.3, -0.25) is 14.6 Å². The van der Waals surface area contributed by atoms with E-state index >= 15 is 0 Å². The molecule has 0 saturated carbocycles. The number of hydrogen-bond donors (Lipinski definition) is 0. The second-order valence-electron chi connectivity index (χ2n) is 8.50. The molecule has 30 heavy (non-hydrogen) atoms. The fourth-order valence-corrected chi connectivity index (χ4v) is 4.16. The van der Waals surface area contributed by atoms with E-state index in [0.717, 1.165) is 43.5 Å². The minimum atomic E-state index is -0.211. The SMILES string of the molecule is CC1CCN(Cc2nnnn2CC(=O)N2CCN(Cc3cccc(F)c3)CC2)CC1. The number of amides is 1. The zero-order valence-corrected chi connectivity index (χ0v) is 17.6. The first-order valence-corrected chi connectivity index (χ1v) is 10.8. The first-order chi connectivity index (χ1) is 14.6. The van der Waals surface area contributed by atoms with Crippen LogP contribution in [0.1, 0.15) is 31.2 Å². The number of carbonyl (C=O) groups excluding carboxylic acids is 1. The van der Waals surface area contributed by atoms with Gasteiger partial charge in [-0.2, -0.15) is 0 Å². The van der Waals surface area contributed by atoms with Gasteiger partial charge in [-0.25, -0.2) is 9.07 Å². The molecule has 2 fully saturated rings. The Labute approximate surface area is 176 Å². The molecule has 0 bridgehead atoms. The number of likely N-dealkylation sites (tertiary alicyclic amines) is 1. The van der Waals surface area contributed by atoms with Gasteiger partial charge in [0.25, 0.3) is 0 Å². The van der Waals surface area contributed by atoms with Crippen molar-refractivity contribution in [1.82, 2.24) is 34.9 Å². The minimum absolute atomic E-state index is 0.0428. The molecule has 0 spiro atoms. The Morgan fingerprint density at radius 3 is 2.53 bits per heavy atom. The van der Waals surface area contributed by atoms with Crippen LogP contribution in [0.5, 0.6) is 0 Å². The number of rotatable bonds is 6. The van der Waals surface area contributed by atoms with E-state index in [4.69, 9.17) is 0 Å². The number of aromatic nitrogens is 4. The van der Waals surface area contributed by atoms with Crippen molar-refractivity contribution in [2.45, 2.75) is 39.4 Å². The van der Waals surface area contributed by atoms with Crippen molar-refractivity contribution in [3.8, 4) is 0 Å². The molecular formula is C21H30FN7O. The van der Waals surface area contributed by atoms with E-state index in [1.54, 1.807) is 16.8 Å². The maximum Gasteiger partial charge on any atom is 0.244 e. The van der Waals surface area contributed by atoms with Crippen LogP contribution >= 0.6 is 0 Å². The van der Waals surface area contributed by atoms with Gasteiger partial charge in [-0.15, -0.1) is 5.10 Å². The lowest BCUT2D eigenvalue weighted by Gasteiger charge is -2.34. The van der Waals surface area contributed by atoms with Crippen LogP contribution in [-0.4, -0.2) is 80.1 Å². The van der Waals surface area contributed by atoms with E-state index in [1.807, 2.05) is 11.0 Å². The molecule has 1 aromatic carbocycles. The summed E-state index contributed by atoms with van der Waals surface area (Å²) in [4.78, 5) is 19.3. The molecule has 2 aromatic rings. The molecule has 0 N–H and O–H groups in total. The maximum absolute atomic E-state index is 13.4. The molecule has 3 heterocycles. The summed E-state index contributed by atoms with van der Waals surface area (Å²) >= 11 is 0. The van der Waals surface area contributed by atoms with Crippen molar-refractivity contribution in [1.29, 1.82) is 0 Å². The largest absolute Gasteiger partial charge is 0.339 e. The van der Waals surface area contributed by atoms with Gasteiger partial charge >= 0.3 is 0 Å². The summed E-state index contributed by atoms with van der Waals surface area (Å²) in [6, 6.07) is 6.69. The van der Waals surface area contributed by atoms with Crippen LogP contribution in [0.2, 0.25) is 0 Å². The fraction of sp³-hybridized carbons (Fsp3) is 0.619. The molecule has 4 rings (SSSR count).